The third-order valence-electron chi connectivity index (χ3n) is 5.06. The Kier molecular flexibility index (Phi) is 9.62. The molecule has 1 fully saturated rings. The third-order valence-corrected chi connectivity index (χ3v) is 5.06. The van der Waals surface area contributed by atoms with E-state index in [1.54, 1.807) is 7.11 Å². The molecule has 1 aromatic heterocycles. The number of hydrogen-bond acceptors (Lipinski definition) is 5. The van der Waals surface area contributed by atoms with Crippen LogP contribution in [0.15, 0.2) is 15.6 Å². The summed E-state index contributed by atoms with van der Waals surface area (Å²) < 4.78 is 10.7. The van der Waals surface area contributed by atoms with Gasteiger partial charge in [-0.25, -0.2) is 4.99 Å². The number of nitrogens with one attached hydrogen (secondary N) is 2. The first-order valence-electron chi connectivity index (χ1n) is 10.4. The van der Waals surface area contributed by atoms with Crippen LogP contribution >= 0.6 is 0 Å². The van der Waals surface area contributed by atoms with Crippen molar-refractivity contribution in [3.63, 3.8) is 0 Å². The minimum absolute atomic E-state index is 0.471. The summed E-state index contributed by atoms with van der Waals surface area (Å²) in [6, 6.07) is 2.78. The molecule has 0 aliphatic heterocycles. The van der Waals surface area contributed by atoms with Crippen molar-refractivity contribution >= 4 is 5.96 Å². The normalized spacial score (nSPS) is 15.0. The first kappa shape index (κ1) is 21.7. The Labute approximate surface area is 163 Å². The van der Waals surface area contributed by atoms with Crippen LogP contribution in [-0.4, -0.2) is 62.0 Å². The maximum atomic E-state index is 5.47. The molecule has 1 saturated carbocycles. The zero-order chi connectivity index (χ0) is 19.5. The van der Waals surface area contributed by atoms with Gasteiger partial charge in [0.2, 0.25) is 0 Å². The van der Waals surface area contributed by atoms with E-state index in [-0.39, 0.29) is 0 Å². The molecule has 0 unspecified atom stereocenters. The monoisotopic (exact) mass is 379 g/mol. The van der Waals surface area contributed by atoms with Crippen molar-refractivity contribution in [3.8, 4) is 0 Å². The summed E-state index contributed by atoms with van der Waals surface area (Å²) in [5.74, 6) is 2.10. The van der Waals surface area contributed by atoms with E-state index in [1.807, 2.05) is 6.07 Å². The van der Waals surface area contributed by atoms with E-state index in [0.29, 0.717) is 12.5 Å². The predicted octanol–water partition coefficient (Wildman–Crippen LogP) is 2.74. The Bertz CT molecular complexity index is 552. The molecule has 0 bridgehead atoms. The van der Waals surface area contributed by atoms with Gasteiger partial charge in [-0.3, -0.25) is 4.90 Å². The smallest absolute Gasteiger partial charge is 0.191 e. The quantitative estimate of drug-likeness (QED) is 0.405. The number of hydrogen-bond donors (Lipinski definition) is 2. The largest absolute Gasteiger partial charge is 0.383 e. The highest BCUT2D eigenvalue weighted by Gasteiger charge is 2.28. The van der Waals surface area contributed by atoms with Gasteiger partial charge in [-0.05, 0) is 32.6 Å². The predicted molar refractivity (Wildman–Crippen MR) is 109 cm³/mol. The molecule has 0 saturated heterocycles. The first-order valence-corrected chi connectivity index (χ1v) is 10.4. The maximum Gasteiger partial charge on any atom is 0.191 e. The van der Waals surface area contributed by atoms with Crippen LogP contribution < -0.4 is 10.6 Å². The molecular formula is C20H37N5O2. The van der Waals surface area contributed by atoms with E-state index in [0.717, 1.165) is 69.1 Å². The average molecular weight is 380 g/mol. The Balaban J connectivity index is 1.82. The molecule has 1 aliphatic carbocycles. The van der Waals surface area contributed by atoms with E-state index in [2.05, 4.69) is 46.5 Å². The molecule has 7 heteroatoms. The fourth-order valence-electron chi connectivity index (χ4n) is 3.24. The number of aliphatic imine (C=N–C) groups is 1. The molecule has 2 rings (SSSR count). The highest BCUT2D eigenvalue weighted by molar-refractivity contribution is 5.79. The van der Waals surface area contributed by atoms with Gasteiger partial charge < -0.3 is 19.9 Å². The summed E-state index contributed by atoms with van der Waals surface area (Å²) in [6.07, 6.45) is 4.78. The van der Waals surface area contributed by atoms with Gasteiger partial charge in [-0.15, -0.1) is 0 Å². The summed E-state index contributed by atoms with van der Waals surface area (Å²) in [5, 5.41) is 10.9. The lowest BCUT2D eigenvalue weighted by atomic mass is 9.99. The summed E-state index contributed by atoms with van der Waals surface area (Å²) >= 11 is 0. The number of guanidine groups is 1. The van der Waals surface area contributed by atoms with Crippen molar-refractivity contribution in [1.29, 1.82) is 0 Å². The van der Waals surface area contributed by atoms with Gasteiger partial charge in [-0.2, -0.15) is 0 Å². The van der Waals surface area contributed by atoms with Gasteiger partial charge in [0.15, 0.2) is 11.7 Å². The molecule has 2 N–H and O–H groups in total. The molecule has 0 atom stereocenters. The van der Waals surface area contributed by atoms with Crippen LogP contribution in [-0.2, 0) is 11.3 Å². The topological polar surface area (TPSA) is 74.9 Å². The van der Waals surface area contributed by atoms with Crippen LogP contribution in [0.25, 0.3) is 0 Å². The summed E-state index contributed by atoms with van der Waals surface area (Å²) in [4.78, 5) is 7.14. The van der Waals surface area contributed by atoms with Gasteiger partial charge >= 0.3 is 0 Å². The number of rotatable bonds is 13. The maximum absolute atomic E-state index is 5.47. The first-order chi connectivity index (χ1) is 13.2. The van der Waals surface area contributed by atoms with Crippen LogP contribution in [0.5, 0.6) is 0 Å². The van der Waals surface area contributed by atoms with Crippen molar-refractivity contribution in [2.24, 2.45) is 4.99 Å². The summed E-state index contributed by atoms with van der Waals surface area (Å²) in [6.45, 7) is 11.4. The van der Waals surface area contributed by atoms with Gasteiger partial charge in [0.1, 0.15) is 6.54 Å². The van der Waals surface area contributed by atoms with E-state index < -0.39 is 0 Å². The van der Waals surface area contributed by atoms with E-state index >= 15 is 0 Å². The minimum atomic E-state index is 0.471. The lowest BCUT2D eigenvalue weighted by Gasteiger charge is -2.22. The molecule has 0 aromatic carbocycles. The molecule has 0 amide bonds. The van der Waals surface area contributed by atoms with Gasteiger partial charge in [-0.1, -0.05) is 19.0 Å². The average Bonchev–Trinajstić information content (AvgIpc) is 3.42. The van der Waals surface area contributed by atoms with Gasteiger partial charge in [0.25, 0.3) is 0 Å². The van der Waals surface area contributed by atoms with E-state index in [4.69, 9.17) is 9.26 Å². The third kappa shape index (κ3) is 7.50. The molecule has 1 aliphatic rings. The SMILES string of the molecule is CCNC(=NCc1cc(C(CC)CC)no1)NCCN(CCOC)C1CC1. The van der Waals surface area contributed by atoms with Crippen LogP contribution in [0.2, 0.25) is 0 Å². The van der Waals surface area contributed by atoms with E-state index in [9.17, 15) is 0 Å². The Morgan fingerprint density at radius 1 is 1.30 bits per heavy atom. The van der Waals surface area contributed by atoms with Crippen LogP contribution in [0.1, 0.15) is 63.8 Å². The molecular weight excluding hydrogens is 342 g/mol. The second kappa shape index (κ2) is 12.0. The fourth-order valence-corrected chi connectivity index (χ4v) is 3.24. The molecule has 1 heterocycles. The summed E-state index contributed by atoms with van der Waals surface area (Å²) in [7, 11) is 1.76. The minimum Gasteiger partial charge on any atom is -0.383 e. The molecule has 0 spiro atoms. The molecule has 27 heavy (non-hydrogen) atoms. The molecule has 1 aromatic rings. The Morgan fingerprint density at radius 2 is 2.07 bits per heavy atom. The van der Waals surface area contributed by atoms with Crippen molar-refractivity contribution in [2.45, 2.75) is 65.0 Å². The highest BCUT2D eigenvalue weighted by Crippen LogP contribution is 2.26. The highest BCUT2D eigenvalue weighted by atomic mass is 16.5. The van der Waals surface area contributed by atoms with Gasteiger partial charge in [0.05, 0.1) is 12.3 Å². The molecule has 0 radical (unpaired) electrons. The van der Waals surface area contributed by atoms with E-state index in [1.165, 1.54) is 12.8 Å². The van der Waals surface area contributed by atoms with Crippen molar-refractivity contribution in [3.05, 3.63) is 17.5 Å². The second-order valence-corrected chi connectivity index (χ2v) is 7.11. The van der Waals surface area contributed by atoms with Crippen molar-refractivity contribution < 1.29 is 9.26 Å². The number of ether oxygens (including phenoxy) is 1. The Morgan fingerprint density at radius 3 is 2.70 bits per heavy atom. The molecule has 154 valence electrons. The second-order valence-electron chi connectivity index (χ2n) is 7.11. The number of nitrogens with zero attached hydrogens (tertiary/aromatic N) is 3. The summed E-state index contributed by atoms with van der Waals surface area (Å²) in [5.41, 5.74) is 1.04. The number of methoxy groups -OCH3 is 1. The Hall–Kier alpha value is -1.60. The van der Waals surface area contributed by atoms with Gasteiger partial charge in [0, 0.05) is 51.3 Å². The zero-order valence-electron chi connectivity index (χ0n) is 17.5. The standard InChI is InChI=1S/C20H37N5O2/c1-5-16(6-2)19-14-18(27-24-19)15-23-20(21-7-3)22-10-11-25(12-13-26-4)17-8-9-17/h14,16-17H,5-13,15H2,1-4H3,(H2,21,22,23). The number of aromatic nitrogens is 1. The fraction of sp³-hybridized carbons (Fsp3) is 0.800. The van der Waals surface area contributed by atoms with Crippen molar-refractivity contribution in [1.82, 2.24) is 20.7 Å². The zero-order valence-corrected chi connectivity index (χ0v) is 17.5. The molecule has 7 nitrogen and oxygen atoms in total. The lowest BCUT2D eigenvalue weighted by Crippen LogP contribution is -2.42. The van der Waals surface area contributed by atoms with Crippen molar-refractivity contribution in [2.75, 3.05) is 39.9 Å². The van der Waals surface area contributed by atoms with Crippen LogP contribution in [0.4, 0.5) is 0 Å². The van der Waals surface area contributed by atoms with Crippen LogP contribution in [0.3, 0.4) is 0 Å². The lowest BCUT2D eigenvalue weighted by molar-refractivity contribution is 0.144. The van der Waals surface area contributed by atoms with Crippen LogP contribution in [0, 0.1) is 0 Å².